The zero-order valence-corrected chi connectivity index (χ0v) is 21.2. The van der Waals surface area contributed by atoms with Gasteiger partial charge in [0.1, 0.15) is 11.5 Å². The Labute approximate surface area is 216 Å². The number of piperidine rings is 1. The molecule has 2 atom stereocenters. The SMILES string of the molecule is Oc1ccc2ccc(COC3CNCCC3c3ccc(OCCCOCc4cccs4)cc3)cc2c1. The van der Waals surface area contributed by atoms with Gasteiger partial charge >= 0.3 is 0 Å². The number of benzene rings is 3. The summed E-state index contributed by atoms with van der Waals surface area (Å²) in [5.74, 6) is 1.52. The van der Waals surface area contributed by atoms with Crippen molar-refractivity contribution in [2.24, 2.45) is 0 Å². The number of phenols is 1. The maximum atomic E-state index is 9.80. The van der Waals surface area contributed by atoms with Gasteiger partial charge in [-0.1, -0.05) is 36.4 Å². The summed E-state index contributed by atoms with van der Waals surface area (Å²) in [5.41, 5.74) is 2.40. The molecule has 0 spiro atoms. The zero-order chi connectivity index (χ0) is 24.6. The third-order valence-electron chi connectivity index (χ3n) is 6.61. The van der Waals surface area contributed by atoms with E-state index in [1.54, 1.807) is 23.5 Å². The minimum absolute atomic E-state index is 0.103. The lowest BCUT2D eigenvalue weighted by Gasteiger charge is -2.32. The molecular formula is C30H33NO4S. The fourth-order valence-corrected chi connectivity index (χ4v) is 5.33. The van der Waals surface area contributed by atoms with Crippen LogP contribution in [-0.4, -0.2) is 37.5 Å². The first-order valence-corrected chi connectivity index (χ1v) is 13.5. The number of nitrogens with one attached hydrogen (secondary N) is 1. The van der Waals surface area contributed by atoms with Gasteiger partial charge in [0, 0.05) is 23.8 Å². The molecule has 0 saturated carbocycles. The first-order valence-electron chi connectivity index (χ1n) is 12.6. The molecule has 4 aromatic rings. The van der Waals surface area contributed by atoms with Gasteiger partial charge in [-0.15, -0.1) is 11.3 Å². The molecule has 2 N–H and O–H groups in total. The van der Waals surface area contributed by atoms with Gasteiger partial charge in [0.15, 0.2) is 0 Å². The summed E-state index contributed by atoms with van der Waals surface area (Å²) in [7, 11) is 0. The van der Waals surface area contributed by atoms with Crippen LogP contribution in [0.5, 0.6) is 11.5 Å². The Morgan fingerprint density at radius 3 is 2.67 bits per heavy atom. The Morgan fingerprint density at radius 1 is 0.917 bits per heavy atom. The summed E-state index contributed by atoms with van der Waals surface area (Å²) in [6.45, 7) is 4.39. The molecule has 6 heteroatoms. The highest BCUT2D eigenvalue weighted by molar-refractivity contribution is 7.09. The van der Waals surface area contributed by atoms with Crippen LogP contribution in [0.3, 0.4) is 0 Å². The van der Waals surface area contributed by atoms with Crippen LogP contribution in [0.1, 0.15) is 34.8 Å². The van der Waals surface area contributed by atoms with Gasteiger partial charge in [-0.3, -0.25) is 0 Å². The van der Waals surface area contributed by atoms with Gasteiger partial charge in [-0.2, -0.15) is 0 Å². The summed E-state index contributed by atoms with van der Waals surface area (Å²) in [6.07, 6.45) is 2.01. The van der Waals surface area contributed by atoms with Crippen LogP contribution < -0.4 is 10.1 Å². The second kappa shape index (κ2) is 12.4. The van der Waals surface area contributed by atoms with Crippen LogP contribution in [-0.2, 0) is 22.7 Å². The van der Waals surface area contributed by atoms with Crippen LogP contribution in [0.15, 0.2) is 78.2 Å². The van der Waals surface area contributed by atoms with E-state index in [0.717, 1.165) is 48.0 Å². The van der Waals surface area contributed by atoms with E-state index < -0.39 is 0 Å². The predicted octanol–water partition coefficient (Wildman–Crippen LogP) is 6.25. The van der Waals surface area contributed by atoms with E-state index in [9.17, 15) is 5.11 Å². The molecule has 2 heterocycles. The molecule has 2 unspecified atom stereocenters. The number of aromatic hydroxyl groups is 1. The van der Waals surface area contributed by atoms with E-state index in [1.807, 2.05) is 12.1 Å². The van der Waals surface area contributed by atoms with Crippen molar-refractivity contribution in [1.29, 1.82) is 0 Å². The number of rotatable bonds is 11. The second-order valence-corrected chi connectivity index (χ2v) is 10.2. The predicted molar refractivity (Wildman–Crippen MR) is 145 cm³/mol. The van der Waals surface area contributed by atoms with Crippen LogP contribution in [0.25, 0.3) is 10.8 Å². The molecule has 0 bridgehead atoms. The highest BCUT2D eigenvalue weighted by Crippen LogP contribution is 2.30. The van der Waals surface area contributed by atoms with E-state index >= 15 is 0 Å². The van der Waals surface area contributed by atoms with E-state index in [-0.39, 0.29) is 11.9 Å². The number of hydrogen-bond acceptors (Lipinski definition) is 6. The molecule has 5 rings (SSSR count). The number of ether oxygens (including phenoxy) is 3. The topological polar surface area (TPSA) is 60.0 Å². The molecule has 0 aliphatic carbocycles. The Balaban J connectivity index is 1.11. The largest absolute Gasteiger partial charge is 0.508 e. The Morgan fingerprint density at radius 2 is 1.81 bits per heavy atom. The van der Waals surface area contributed by atoms with Crippen molar-refractivity contribution in [2.75, 3.05) is 26.3 Å². The van der Waals surface area contributed by atoms with Gasteiger partial charge in [0.25, 0.3) is 0 Å². The molecule has 3 aromatic carbocycles. The lowest BCUT2D eigenvalue weighted by molar-refractivity contribution is 0.0106. The second-order valence-electron chi connectivity index (χ2n) is 9.22. The summed E-state index contributed by atoms with van der Waals surface area (Å²) in [6, 6.07) is 24.4. The quantitative estimate of drug-likeness (QED) is 0.237. The number of thiophene rings is 1. The zero-order valence-electron chi connectivity index (χ0n) is 20.4. The molecule has 36 heavy (non-hydrogen) atoms. The van der Waals surface area contributed by atoms with Crippen LogP contribution in [0.2, 0.25) is 0 Å². The van der Waals surface area contributed by atoms with Crippen molar-refractivity contribution >= 4 is 22.1 Å². The van der Waals surface area contributed by atoms with Crippen LogP contribution in [0, 0.1) is 0 Å². The van der Waals surface area contributed by atoms with Gasteiger partial charge in [-0.25, -0.2) is 0 Å². The molecule has 0 amide bonds. The maximum Gasteiger partial charge on any atom is 0.119 e. The molecule has 0 radical (unpaired) electrons. The minimum Gasteiger partial charge on any atom is -0.508 e. The molecular weight excluding hydrogens is 470 g/mol. The van der Waals surface area contributed by atoms with Crippen LogP contribution >= 0.6 is 11.3 Å². The monoisotopic (exact) mass is 503 g/mol. The van der Waals surface area contributed by atoms with Crippen molar-refractivity contribution in [3.63, 3.8) is 0 Å². The van der Waals surface area contributed by atoms with Gasteiger partial charge in [0.2, 0.25) is 0 Å². The molecule has 1 aliphatic rings. The highest BCUT2D eigenvalue weighted by Gasteiger charge is 2.27. The van der Waals surface area contributed by atoms with Crippen molar-refractivity contribution in [3.8, 4) is 11.5 Å². The molecule has 188 valence electrons. The Hall–Kier alpha value is -2.90. The normalized spacial score (nSPS) is 17.9. The molecule has 1 fully saturated rings. The summed E-state index contributed by atoms with van der Waals surface area (Å²) >= 11 is 1.72. The summed E-state index contributed by atoms with van der Waals surface area (Å²) in [4.78, 5) is 1.25. The molecule has 1 saturated heterocycles. The molecule has 1 aromatic heterocycles. The number of fused-ring (bicyclic) bond motifs is 1. The number of hydrogen-bond donors (Lipinski definition) is 2. The van der Waals surface area contributed by atoms with Gasteiger partial charge in [0.05, 0.1) is 32.5 Å². The minimum atomic E-state index is 0.103. The molecule has 1 aliphatic heterocycles. The third-order valence-corrected chi connectivity index (χ3v) is 7.46. The smallest absolute Gasteiger partial charge is 0.119 e. The average molecular weight is 504 g/mol. The fraction of sp³-hybridized carbons (Fsp3) is 0.333. The lowest BCUT2D eigenvalue weighted by atomic mass is 9.87. The average Bonchev–Trinajstić information content (AvgIpc) is 3.43. The Bertz CT molecular complexity index is 1230. The van der Waals surface area contributed by atoms with E-state index in [2.05, 4.69) is 59.2 Å². The van der Waals surface area contributed by atoms with Gasteiger partial charge < -0.3 is 24.6 Å². The summed E-state index contributed by atoms with van der Waals surface area (Å²) in [5, 5.41) is 17.5. The van der Waals surface area contributed by atoms with E-state index in [1.165, 1.54) is 10.4 Å². The third kappa shape index (κ3) is 6.65. The summed E-state index contributed by atoms with van der Waals surface area (Å²) < 4.78 is 18.0. The van der Waals surface area contributed by atoms with Crippen molar-refractivity contribution in [2.45, 2.75) is 38.1 Å². The highest BCUT2D eigenvalue weighted by atomic mass is 32.1. The van der Waals surface area contributed by atoms with Crippen molar-refractivity contribution < 1.29 is 19.3 Å². The van der Waals surface area contributed by atoms with E-state index in [4.69, 9.17) is 14.2 Å². The first-order chi connectivity index (χ1) is 17.7. The standard InChI is InChI=1S/C30H33NO4S/c32-26-9-6-23-5-4-22(17-25(23)18-26)20-35-30-19-31-13-12-29(30)24-7-10-27(11-8-24)34-15-2-14-33-21-28-3-1-16-36-28/h1,3-11,16-18,29-32H,2,12-15,19-21H2. The Kier molecular flexibility index (Phi) is 8.51. The van der Waals surface area contributed by atoms with Crippen molar-refractivity contribution in [3.05, 3.63) is 94.2 Å². The fourth-order valence-electron chi connectivity index (χ4n) is 4.69. The molecule has 5 nitrogen and oxygen atoms in total. The van der Waals surface area contributed by atoms with Crippen molar-refractivity contribution in [1.82, 2.24) is 5.32 Å². The number of phenolic OH excluding ortho intramolecular Hbond substituents is 1. The van der Waals surface area contributed by atoms with Gasteiger partial charge in [-0.05, 0) is 76.6 Å². The van der Waals surface area contributed by atoms with E-state index in [0.29, 0.717) is 32.3 Å². The van der Waals surface area contributed by atoms with Crippen LogP contribution in [0.4, 0.5) is 0 Å². The lowest BCUT2D eigenvalue weighted by Crippen LogP contribution is -2.40. The maximum absolute atomic E-state index is 9.80. The first kappa shape index (κ1) is 24.8.